The van der Waals surface area contributed by atoms with Gasteiger partial charge in [0.25, 0.3) is 0 Å². The molecule has 0 saturated carbocycles. The Balaban J connectivity index is 3.38. The molecule has 30 heavy (non-hydrogen) atoms. The molecule has 2 N–H and O–H groups in total. The molecule has 1 rings (SSSR count). The first kappa shape index (κ1) is 25.8. The summed E-state index contributed by atoms with van der Waals surface area (Å²) in [5, 5.41) is 20.6. The predicted molar refractivity (Wildman–Crippen MR) is 120 cm³/mol. The number of hydrogen-bond acceptors (Lipinski definition) is 5. The van der Waals surface area contributed by atoms with Crippen LogP contribution in [-0.2, 0) is 14.3 Å². The smallest absolute Gasteiger partial charge is 0.331 e. The highest BCUT2D eigenvalue weighted by Crippen LogP contribution is 2.33. The minimum atomic E-state index is -1.59. The highest BCUT2D eigenvalue weighted by atomic mass is 16.6. The molecule has 0 saturated heterocycles. The highest BCUT2D eigenvalue weighted by Gasteiger charge is 2.32. The van der Waals surface area contributed by atoms with Crippen LogP contribution < -0.4 is 0 Å². The third-order valence-electron chi connectivity index (χ3n) is 5.04. The molecule has 0 fully saturated rings. The van der Waals surface area contributed by atoms with Gasteiger partial charge in [0, 0.05) is 11.6 Å². The second-order valence-electron chi connectivity index (χ2n) is 8.93. The summed E-state index contributed by atoms with van der Waals surface area (Å²) < 4.78 is 5.52. The number of carbonyl (C=O) groups is 2. The summed E-state index contributed by atoms with van der Waals surface area (Å²) >= 11 is 0. The molecule has 0 aliphatic heterocycles. The molecule has 0 unspecified atom stereocenters. The first-order chi connectivity index (χ1) is 13.9. The van der Waals surface area contributed by atoms with Crippen LogP contribution in [0.5, 0.6) is 0 Å². The van der Waals surface area contributed by atoms with Crippen molar-refractivity contribution in [2.45, 2.75) is 72.5 Å². The van der Waals surface area contributed by atoms with Crippen molar-refractivity contribution >= 4 is 11.8 Å². The van der Waals surface area contributed by atoms with Crippen LogP contribution in [0.25, 0.3) is 0 Å². The molecule has 1 aliphatic carbocycles. The quantitative estimate of drug-likeness (QED) is 0.382. The van der Waals surface area contributed by atoms with Crippen molar-refractivity contribution in [2.75, 3.05) is 6.61 Å². The zero-order valence-corrected chi connectivity index (χ0v) is 19.1. The van der Waals surface area contributed by atoms with Gasteiger partial charge in [-0.2, -0.15) is 0 Å². The molecule has 0 amide bonds. The van der Waals surface area contributed by atoms with Crippen molar-refractivity contribution in [3.8, 4) is 0 Å². The lowest BCUT2D eigenvalue weighted by atomic mass is 9.80. The van der Waals surface area contributed by atoms with Gasteiger partial charge in [0.2, 0.25) is 0 Å². The maximum atomic E-state index is 12.5. The minimum absolute atomic E-state index is 0.281. The van der Waals surface area contributed by atoms with Crippen molar-refractivity contribution in [3.05, 3.63) is 59.3 Å². The minimum Gasteiger partial charge on any atom is -0.452 e. The van der Waals surface area contributed by atoms with Gasteiger partial charge in [-0.25, -0.2) is 4.79 Å². The molecular formula is C25H36O5. The second-order valence-corrected chi connectivity index (χ2v) is 8.93. The van der Waals surface area contributed by atoms with E-state index in [1.807, 2.05) is 26.8 Å². The van der Waals surface area contributed by atoms with Crippen LogP contribution in [0, 0.1) is 5.41 Å². The molecule has 5 heteroatoms. The number of aliphatic hydroxyl groups excluding tert-OH is 1. The molecular weight excluding hydrogens is 380 g/mol. The average Bonchev–Trinajstić information content (AvgIpc) is 2.63. The van der Waals surface area contributed by atoms with E-state index in [-0.39, 0.29) is 23.4 Å². The number of ketones is 1. The number of ether oxygens (including phenoxy) is 1. The molecule has 0 radical (unpaired) electrons. The standard InChI is InChI=1S/C25H36O5/c1-18(2)8-7-12-24(5)13-9-20(17-26)21(27)10-15-25(6,29)22(11-14-24)30-23(28)16-19(3)4/h8-11,14-16,22,26,29H,7,12-13,17H2,1-6H3/b14-11+,15-10+,20-9-/t22-,24+,25-/m1/s1. The summed E-state index contributed by atoms with van der Waals surface area (Å²) in [7, 11) is 0. The van der Waals surface area contributed by atoms with Crippen molar-refractivity contribution in [1.29, 1.82) is 0 Å². The van der Waals surface area contributed by atoms with Gasteiger partial charge in [-0.3, -0.25) is 4.79 Å². The molecule has 0 aromatic carbocycles. The van der Waals surface area contributed by atoms with Gasteiger partial charge in [0.15, 0.2) is 11.9 Å². The summed E-state index contributed by atoms with van der Waals surface area (Å²) in [4.78, 5) is 24.7. The fourth-order valence-corrected chi connectivity index (χ4v) is 3.06. The number of aliphatic hydroxyl groups is 2. The fraction of sp³-hybridized carbons (Fsp3) is 0.520. The number of allylic oxidation sites excluding steroid dienone is 6. The molecule has 0 aromatic rings. The Morgan fingerprint density at radius 2 is 1.87 bits per heavy atom. The van der Waals surface area contributed by atoms with Crippen LogP contribution in [0.15, 0.2) is 59.3 Å². The maximum absolute atomic E-state index is 12.5. The summed E-state index contributed by atoms with van der Waals surface area (Å²) in [6, 6.07) is 0. The van der Waals surface area contributed by atoms with Crippen LogP contribution >= 0.6 is 0 Å². The monoisotopic (exact) mass is 416 g/mol. The molecule has 166 valence electrons. The summed E-state index contributed by atoms with van der Waals surface area (Å²) in [5.41, 5.74) is 0.344. The molecule has 3 atom stereocenters. The van der Waals surface area contributed by atoms with Crippen LogP contribution in [0.3, 0.4) is 0 Å². The van der Waals surface area contributed by atoms with Gasteiger partial charge in [0.1, 0.15) is 5.60 Å². The normalized spacial score (nSPS) is 30.9. The van der Waals surface area contributed by atoms with Gasteiger partial charge < -0.3 is 14.9 Å². The third kappa shape index (κ3) is 8.64. The van der Waals surface area contributed by atoms with E-state index >= 15 is 0 Å². The Hall–Kier alpha value is -2.24. The number of esters is 1. The van der Waals surface area contributed by atoms with E-state index in [4.69, 9.17) is 4.74 Å². The van der Waals surface area contributed by atoms with E-state index in [9.17, 15) is 19.8 Å². The van der Waals surface area contributed by atoms with Crippen LogP contribution in [0.1, 0.15) is 60.8 Å². The van der Waals surface area contributed by atoms with Crippen LogP contribution in [0.2, 0.25) is 0 Å². The number of carbonyl (C=O) groups excluding carboxylic acids is 2. The summed E-state index contributed by atoms with van der Waals surface area (Å²) in [6.45, 7) is 10.8. The van der Waals surface area contributed by atoms with Gasteiger partial charge in [-0.15, -0.1) is 0 Å². The van der Waals surface area contributed by atoms with Gasteiger partial charge >= 0.3 is 5.97 Å². The first-order valence-electron chi connectivity index (χ1n) is 10.3. The number of hydrogen-bond donors (Lipinski definition) is 2. The van der Waals surface area contributed by atoms with Crippen molar-refractivity contribution < 1.29 is 24.5 Å². The summed E-state index contributed by atoms with van der Waals surface area (Å²) in [5.74, 6) is -0.930. The van der Waals surface area contributed by atoms with Crippen molar-refractivity contribution in [3.63, 3.8) is 0 Å². The Labute approximate surface area is 180 Å². The molecule has 0 heterocycles. The maximum Gasteiger partial charge on any atom is 0.331 e. The molecule has 5 nitrogen and oxygen atoms in total. The average molecular weight is 417 g/mol. The molecule has 0 aromatic heterocycles. The third-order valence-corrected chi connectivity index (χ3v) is 5.04. The van der Waals surface area contributed by atoms with E-state index in [0.29, 0.717) is 6.42 Å². The van der Waals surface area contributed by atoms with Crippen LogP contribution in [-0.4, -0.2) is 40.3 Å². The van der Waals surface area contributed by atoms with Crippen molar-refractivity contribution in [2.24, 2.45) is 5.41 Å². The lowest BCUT2D eigenvalue weighted by Gasteiger charge is -2.29. The topological polar surface area (TPSA) is 83.8 Å². The summed E-state index contributed by atoms with van der Waals surface area (Å²) in [6.07, 6.45) is 12.7. The van der Waals surface area contributed by atoms with E-state index in [1.54, 1.807) is 26.0 Å². The Morgan fingerprint density at radius 3 is 2.43 bits per heavy atom. The van der Waals surface area contributed by atoms with E-state index in [1.165, 1.54) is 30.7 Å². The SMILES string of the molecule is CC(C)=CCC[C@]1(C)/C=C/[C@@H](OC(=O)C=C(C)C)[C@](C)(O)/C=C/C(=O)/C(CO)=C\C1. The van der Waals surface area contributed by atoms with Crippen molar-refractivity contribution in [1.82, 2.24) is 0 Å². The largest absolute Gasteiger partial charge is 0.452 e. The highest BCUT2D eigenvalue weighted by molar-refractivity contribution is 6.04. The molecule has 0 bridgehead atoms. The molecule has 1 aliphatic rings. The number of rotatable bonds is 6. The second kappa shape index (κ2) is 11.2. The van der Waals surface area contributed by atoms with E-state index in [2.05, 4.69) is 6.08 Å². The first-order valence-corrected chi connectivity index (χ1v) is 10.3. The Kier molecular flexibility index (Phi) is 9.66. The van der Waals surface area contributed by atoms with Gasteiger partial charge in [-0.05, 0) is 77.5 Å². The molecule has 0 spiro atoms. The Morgan fingerprint density at radius 1 is 1.20 bits per heavy atom. The van der Waals surface area contributed by atoms with Gasteiger partial charge in [0.05, 0.1) is 6.61 Å². The lowest BCUT2D eigenvalue weighted by molar-refractivity contribution is -0.148. The van der Waals surface area contributed by atoms with E-state index < -0.39 is 17.7 Å². The Bertz CT molecular complexity index is 771. The zero-order valence-electron chi connectivity index (χ0n) is 19.1. The van der Waals surface area contributed by atoms with Gasteiger partial charge in [-0.1, -0.05) is 36.3 Å². The lowest BCUT2D eigenvalue weighted by Crippen LogP contribution is -2.39. The fourth-order valence-electron chi connectivity index (χ4n) is 3.06. The predicted octanol–water partition coefficient (Wildman–Crippen LogP) is 4.37. The zero-order chi connectivity index (χ0) is 22.9. The van der Waals surface area contributed by atoms with Crippen LogP contribution in [0.4, 0.5) is 0 Å². The van der Waals surface area contributed by atoms with E-state index in [0.717, 1.165) is 18.4 Å².